The maximum absolute atomic E-state index is 11.5. The Bertz CT molecular complexity index is 206. The predicted octanol–water partition coefficient (Wildman–Crippen LogP) is 1.39. The molecule has 0 spiro atoms. The lowest BCUT2D eigenvalue weighted by Crippen LogP contribution is -2.29. The Balaban J connectivity index is 4.11. The summed E-state index contributed by atoms with van der Waals surface area (Å²) >= 11 is 0. The molecule has 1 atom stereocenters. The van der Waals surface area contributed by atoms with Crippen LogP contribution in [0, 0.1) is 11.3 Å². The number of hydrogen-bond acceptors (Lipinski definition) is 3. The van der Waals surface area contributed by atoms with Crippen LogP contribution in [0.15, 0.2) is 0 Å². The Labute approximate surface area is 66.7 Å². The van der Waals surface area contributed by atoms with Crippen molar-refractivity contribution in [1.82, 2.24) is 0 Å². The van der Waals surface area contributed by atoms with Crippen molar-refractivity contribution in [3.63, 3.8) is 0 Å². The standard InChI is InChI=1S/C6H6F3NO2/c1-2-4(3-10)12-5(11)6(7,8)9/h4H,2H2,1H3. The number of halogens is 3. The maximum Gasteiger partial charge on any atom is 0.490 e. The number of esters is 1. The molecular formula is C6H6F3NO2. The number of carbonyl (C=O) groups is 1. The molecule has 0 radical (unpaired) electrons. The van der Waals surface area contributed by atoms with E-state index in [1.165, 1.54) is 13.0 Å². The Kier molecular flexibility index (Phi) is 3.54. The van der Waals surface area contributed by atoms with Gasteiger partial charge in [-0.1, -0.05) is 6.92 Å². The van der Waals surface area contributed by atoms with E-state index in [1.54, 1.807) is 0 Å². The van der Waals surface area contributed by atoms with Crippen LogP contribution in [0.25, 0.3) is 0 Å². The number of alkyl halides is 3. The molecular weight excluding hydrogens is 175 g/mol. The lowest BCUT2D eigenvalue weighted by molar-refractivity contribution is -0.202. The smallest absolute Gasteiger partial charge is 0.440 e. The second-order valence-corrected chi connectivity index (χ2v) is 1.93. The zero-order chi connectivity index (χ0) is 9.78. The minimum absolute atomic E-state index is 0.0400. The van der Waals surface area contributed by atoms with Gasteiger partial charge in [-0.3, -0.25) is 0 Å². The van der Waals surface area contributed by atoms with Crippen molar-refractivity contribution >= 4 is 5.97 Å². The SMILES string of the molecule is CCC(C#N)OC(=O)C(F)(F)F. The molecule has 0 aliphatic rings. The van der Waals surface area contributed by atoms with Crippen molar-refractivity contribution in [2.24, 2.45) is 0 Å². The van der Waals surface area contributed by atoms with Crippen molar-refractivity contribution in [1.29, 1.82) is 5.26 Å². The van der Waals surface area contributed by atoms with Crippen LogP contribution in [-0.2, 0) is 9.53 Å². The molecule has 0 aromatic rings. The lowest BCUT2D eigenvalue weighted by Gasteiger charge is -2.09. The highest BCUT2D eigenvalue weighted by molar-refractivity contribution is 5.75. The second kappa shape index (κ2) is 3.95. The van der Waals surface area contributed by atoms with Gasteiger partial charge in [-0.15, -0.1) is 0 Å². The topological polar surface area (TPSA) is 50.1 Å². The van der Waals surface area contributed by atoms with E-state index < -0.39 is 18.2 Å². The molecule has 0 aliphatic carbocycles. The molecule has 0 amide bonds. The Morgan fingerprint density at radius 1 is 1.67 bits per heavy atom. The molecule has 3 nitrogen and oxygen atoms in total. The van der Waals surface area contributed by atoms with E-state index in [-0.39, 0.29) is 6.42 Å². The van der Waals surface area contributed by atoms with Crippen LogP contribution in [0.1, 0.15) is 13.3 Å². The number of rotatable bonds is 2. The first-order valence-corrected chi connectivity index (χ1v) is 3.09. The average molecular weight is 181 g/mol. The molecule has 0 saturated carbocycles. The summed E-state index contributed by atoms with van der Waals surface area (Å²) in [5.74, 6) is -2.32. The van der Waals surface area contributed by atoms with Gasteiger partial charge in [-0.2, -0.15) is 18.4 Å². The van der Waals surface area contributed by atoms with Crippen LogP contribution in [-0.4, -0.2) is 18.2 Å². The predicted molar refractivity (Wildman–Crippen MR) is 31.8 cm³/mol. The summed E-state index contributed by atoms with van der Waals surface area (Å²) in [6.45, 7) is 1.44. The first-order valence-electron chi connectivity index (χ1n) is 3.09. The van der Waals surface area contributed by atoms with Crippen molar-refractivity contribution in [3.8, 4) is 6.07 Å². The largest absolute Gasteiger partial charge is 0.490 e. The second-order valence-electron chi connectivity index (χ2n) is 1.93. The number of hydrogen-bond donors (Lipinski definition) is 0. The molecule has 12 heavy (non-hydrogen) atoms. The molecule has 0 fully saturated rings. The zero-order valence-corrected chi connectivity index (χ0v) is 6.18. The van der Waals surface area contributed by atoms with E-state index in [0.29, 0.717) is 0 Å². The zero-order valence-electron chi connectivity index (χ0n) is 6.18. The number of nitriles is 1. The summed E-state index contributed by atoms with van der Waals surface area (Å²) in [5, 5.41) is 8.15. The number of carbonyl (C=O) groups excluding carboxylic acids is 1. The van der Waals surface area contributed by atoms with Crippen LogP contribution >= 0.6 is 0 Å². The van der Waals surface area contributed by atoms with Gasteiger partial charge in [0.05, 0.1) is 0 Å². The molecule has 6 heteroatoms. The van der Waals surface area contributed by atoms with Crippen molar-refractivity contribution < 1.29 is 22.7 Å². The quantitative estimate of drug-likeness (QED) is 0.605. The summed E-state index contributed by atoms with van der Waals surface area (Å²) in [7, 11) is 0. The van der Waals surface area contributed by atoms with Crippen molar-refractivity contribution in [2.45, 2.75) is 25.6 Å². The van der Waals surface area contributed by atoms with Gasteiger partial charge in [0.2, 0.25) is 0 Å². The summed E-state index contributed by atoms with van der Waals surface area (Å²) in [6, 6.07) is 1.41. The van der Waals surface area contributed by atoms with Gasteiger partial charge in [0, 0.05) is 0 Å². The molecule has 1 unspecified atom stereocenters. The van der Waals surface area contributed by atoms with Gasteiger partial charge in [-0.25, -0.2) is 4.79 Å². The van der Waals surface area contributed by atoms with E-state index >= 15 is 0 Å². The average Bonchev–Trinajstić information content (AvgIpc) is 1.97. The van der Waals surface area contributed by atoms with Gasteiger partial charge in [0.25, 0.3) is 0 Å². The summed E-state index contributed by atoms with van der Waals surface area (Å²) in [4.78, 5) is 10.1. The molecule has 0 saturated heterocycles. The normalized spacial score (nSPS) is 13.2. The fraction of sp³-hybridized carbons (Fsp3) is 0.667. The summed E-state index contributed by atoms with van der Waals surface area (Å²) in [5.41, 5.74) is 0. The fourth-order valence-electron chi connectivity index (χ4n) is 0.397. The molecule has 0 bridgehead atoms. The highest BCUT2D eigenvalue weighted by Gasteiger charge is 2.42. The van der Waals surface area contributed by atoms with Gasteiger partial charge in [0.15, 0.2) is 6.10 Å². The molecule has 0 aromatic carbocycles. The Morgan fingerprint density at radius 2 is 2.17 bits per heavy atom. The Hall–Kier alpha value is -1.25. The van der Waals surface area contributed by atoms with Crippen molar-refractivity contribution in [3.05, 3.63) is 0 Å². The highest BCUT2D eigenvalue weighted by Crippen LogP contribution is 2.17. The van der Waals surface area contributed by atoms with Crippen molar-refractivity contribution in [2.75, 3.05) is 0 Å². The van der Waals surface area contributed by atoms with E-state index in [1.807, 2.05) is 0 Å². The third kappa shape index (κ3) is 3.23. The van der Waals surface area contributed by atoms with Gasteiger partial charge in [0.1, 0.15) is 6.07 Å². The lowest BCUT2D eigenvalue weighted by atomic mass is 10.3. The van der Waals surface area contributed by atoms with Gasteiger partial charge in [-0.05, 0) is 6.42 Å². The van der Waals surface area contributed by atoms with E-state index in [9.17, 15) is 18.0 Å². The van der Waals surface area contributed by atoms with Crippen LogP contribution in [0.3, 0.4) is 0 Å². The Morgan fingerprint density at radius 3 is 2.42 bits per heavy atom. The fourth-order valence-corrected chi connectivity index (χ4v) is 0.397. The molecule has 0 aromatic heterocycles. The van der Waals surface area contributed by atoms with Crippen LogP contribution in [0.4, 0.5) is 13.2 Å². The third-order valence-electron chi connectivity index (χ3n) is 0.996. The highest BCUT2D eigenvalue weighted by atomic mass is 19.4. The molecule has 0 aliphatic heterocycles. The van der Waals surface area contributed by atoms with Gasteiger partial charge < -0.3 is 4.74 Å². The molecule has 0 heterocycles. The molecule has 68 valence electrons. The van der Waals surface area contributed by atoms with E-state index in [4.69, 9.17) is 5.26 Å². The minimum atomic E-state index is -5.02. The molecule has 0 rings (SSSR count). The maximum atomic E-state index is 11.5. The third-order valence-corrected chi connectivity index (χ3v) is 0.996. The minimum Gasteiger partial charge on any atom is -0.440 e. The van der Waals surface area contributed by atoms with Crippen LogP contribution in [0.5, 0.6) is 0 Å². The first-order chi connectivity index (χ1) is 5.41. The van der Waals surface area contributed by atoms with Gasteiger partial charge >= 0.3 is 12.1 Å². The van der Waals surface area contributed by atoms with E-state index in [0.717, 1.165) is 0 Å². The molecule has 0 N–H and O–H groups in total. The number of ether oxygens (including phenoxy) is 1. The monoisotopic (exact) mass is 181 g/mol. The van der Waals surface area contributed by atoms with Crippen LogP contribution in [0.2, 0.25) is 0 Å². The first kappa shape index (κ1) is 10.8. The summed E-state index contributed by atoms with van der Waals surface area (Å²) < 4.78 is 38.3. The van der Waals surface area contributed by atoms with E-state index in [2.05, 4.69) is 4.74 Å². The van der Waals surface area contributed by atoms with Crippen LogP contribution < -0.4 is 0 Å². The number of nitrogens with zero attached hydrogens (tertiary/aromatic N) is 1. The summed E-state index contributed by atoms with van der Waals surface area (Å²) in [6.07, 6.45) is -6.30.